The Morgan fingerprint density at radius 2 is 2.45 bits per heavy atom. The van der Waals surface area contributed by atoms with Gasteiger partial charge < -0.3 is 9.84 Å². The number of allylic oxidation sites excluding steroid dienone is 2. The zero-order valence-corrected chi connectivity index (χ0v) is 6.54. The van der Waals surface area contributed by atoms with Gasteiger partial charge in [-0.05, 0) is 13.3 Å². The third kappa shape index (κ3) is 3.78. The van der Waals surface area contributed by atoms with E-state index in [1.807, 2.05) is 0 Å². The van der Waals surface area contributed by atoms with E-state index < -0.39 is 0 Å². The Labute approximate surface area is 65.7 Å². The van der Waals surface area contributed by atoms with Crippen LogP contribution < -0.4 is 0 Å². The van der Waals surface area contributed by atoms with Gasteiger partial charge in [0.25, 0.3) is 0 Å². The number of hydrogen-bond acceptors (Lipinski definition) is 3. The van der Waals surface area contributed by atoms with Crippen LogP contribution in [-0.2, 0) is 9.53 Å². The minimum atomic E-state index is -0.112. The summed E-state index contributed by atoms with van der Waals surface area (Å²) in [6.45, 7) is 2.22. The van der Waals surface area contributed by atoms with Gasteiger partial charge in [-0.1, -0.05) is 0 Å². The van der Waals surface area contributed by atoms with Crippen LogP contribution in [0, 0.1) is 0 Å². The topological polar surface area (TPSA) is 49.8 Å². The number of carbonyl (C=O) groups excluding carboxylic acids is 1. The standard InChI is InChI=1S/C8H12O3/c1-6(9)4-7(10)2-3-8-5-11-8/h4,8,10H,2-3,5H2,1H3/b7-4-. The predicted octanol–water partition coefficient (Wildman–Crippen LogP) is 1.20. The van der Waals surface area contributed by atoms with Crippen LogP contribution in [0.3, 0.4) is 0 Å². The number of aliphatic hydroxyl groups is 1. The molecule has 1 fully saturated rings. The maximum Gasteiger partial charge on any atom is 0.155 e. The lowest BCUT2D eigenvalue weighted by molar-refractivity contribution is -0.112. The molecule has 0 aromatic rings. The summed E-state index contributed by atoms with van der Waals surface area (Å²) in [5, 5.41) is 9.08. The van der Waals surface area contributed by atoms with Gasteiger partial charge in [0.15, 0.2) is 5.78 Å². The zero-order valence-electron chi connectivity index (χ0n) is 6.54. The summed E-state index contributed by atoms with van der Waals surface area (Å²) < 4.78 is 4.94. The first kappa shape index (κ1) is 8.27. The molecule has 0 saturated carbocycles. The van der Waals surface area contributed by atoms with E-state index >= 15 is 0 Å². The van der Waals surface area contributed by atoms with E-state index in [0.29, 0.717) is 12.5 Å². The van der Waals surface area contributed by atoms with Crippen molar-refractivity contribution in [2.24, 2.45) is 0 Å². The fourth-order valence-electron chi connectivity index (χ4n) is 0.850. The lowest BCUT2D eigenvalue weighted by atomic mass is 10.2. The SMILES string of the molecule is CC(=O)/C=C(\O)CCC1CO1. The van der Waals surface area contributed by atoms with E-state index in [2.05, 4.69) is 0 Å². The van der Waals surface area contributed by atoms with Gasteiger partial charge in [0.05, 0.1) is 18.5 Å². The van der Waals surface area contributed by atoms with Crippen molar-refractivity contribution in [3.63, 3.8) is 0 Å². The zero-order chi connectivity index (χ0) is 8.27. The van der Waals surface area contributed by atoms with Crippen LogP contribution in [0.25, 0.3) is 0 Å². The molecule has 0 spiro atoms. The maximum atomic E-state index is 10.4. The summed E-state index contributed by atoms with van der Waals surface area (Å²) in [7, 11) is 0. The van der Waals surface area contributed by atoms with Crippen molar-refractivity contribution in [3.8, 4) is 0 Å². The summed E-state index contributed by atoms with van der Waals surface area (Å²) in [4.78, 5) is 10.4. The van der Waals surface area contributed by atoms with Gasteiger partial charge in [0.2, 0.25) is 0 Å². The van der Waals surface area contributed by atoms with Gasteiger partial charge in [0.1, 0.15) is 0 Å². The van der Waals surface area contributed by atoms with Crippen molar-refractivity contribution >= 4 is 5.78 Å². The molecule has 3 heteroatoms. The van der Waals surface area contributed by atoms with Gasteiger partial charge in [-0.25, -0.2) is 0 Å². The molecular weight excluding hydrogens is 144 g/mol. The molecule has 62 valence electrons. The fraction of sp³-hybridized carbons (Fsp3) is 0.625. The molecular formula is C8H12O3. The molecule has 0 aromatic heterocycles. The predicted molar refractivity (Wildman–Crippen MR) is 40.4 cm³/mol. The van der Waals surface area contributed by atoms with Crippen molar-refractivity contribution in [2.75, 3.05) is 6.61 Å². The molecule has 3 nitrogen and oxygen atoms in total. The Hall–Kier alpha value is -0.830. The normalized spacial score (nSPS) is 23.4. The molecule has 0 amide bonds. The molecule has 1 heterocycles. The van der Waals surface area contributed by atoms with E-state index in [-0.39, 0.29) is 11.5 Å². The molecule has 1 aliphatic heterocycles. The lowest BCUT2D eigenvalue weighted by Crippen LogP contribution is -1.91. The first-order chi connectivity index (χ1) is 5.18. The lowest BCUT2D eigenvalue weighted by Gasteiger charge is -1.94. The molecule has 1 rings (SSSR count). The van der Waals surface area contributed by atoms with E-state index in [1.54, 1.807) is 0 Å². The number of carbonyl (C=O) groups is 1. The molecule has 1 N–H and O–H groups in total. The molecule has 0 aliphatic carbocycles. The van der Waals surface area contributed by atoms with Crippen LogP contribution in [0.5, 0.6) is 0 Å². The summed E-state index contributed by atoms with van der Waals surface area (Å²) in [5.74, 6) is 0.0483. The Morgan fingerprint density at radius 3 is 2.91 bits per heavy atom. The van der Waals surface area contributed by atoms with Crippen LogP contribution in [0.1, 0.15) is 19.8 Å². The van der Waals surface area contributed by atoms with Gasteiger partial charge in [0, 0.05) is 12.5 Å². The number of ketones is 1. The van der Waals surface area contributed by atoms with Crippen LogP contribution in [0.15, 0.2) is 11.8 Å². The highest BCUT2D eigenvalue weighted by atomic mass is 16.6. The first-order valence-electron chi connectivity index (χ1n) is 3.70. The largest absolute Gasteiger partial charge is 0.512 e. The second kappa shape index (κ2) is 3.53. The van der Waals surface area contributed by atoms with E-state index in [1.165, 1.54) is 13.0 Å². The second-order valence-corrected chi connectivity index (χ2v) is 2.74. The molecule has 0 radical (unpaired) electrons. The summed E-state index contributed by atoms with van der Waals surface area (Å²) in [6.07, 6.45) is 2.93. The van der Waals surface area contributed by atoms with Gasteiger partial charge in [-0.2, -0.15) is 0 Å². The molecule has 1 atom stereocenters. The van der Waals surface area contributed by atoms with Crippen LogP contribution >= 0.6 is 0 Å². The van der Waals surface area contributed by atoms with E-state index in [0.717, 1.165) is 13.0 Å². The van der Waals surface area contributed by atoms with E-state index in [9.17, 15) is 4.79 Å². The number of epoxide rings is 1. The number of hydrogen-bond donors (Lipinski definition) is 1. The van der Waals surface area contributed by atoms with Crippen molar-refractivity contribution in [3.05, 3.63) is 11.8 Å². The maximum absolute atomic E-state index is 10.4. The first-order valence-corrected chi connectivity index (χ1v) is 3.70. The van der Waals surface area contributed by atoms with Gasteiger partial charge in [-0.3, -0.25) is 4.79 Å². The smallest absolute Gasteiger partial charge is 0.155 e. The molecule has 1 aliphatic rings. The number of rotatable bonds is 4. The molecule has 1 saturated heterocycles. The average molecular weight is 156 g/mol. The molecule has 0 aromatic carbocycles. The highest BCUT2D eigenvalue weighted by Crippen LogP contribution is 2.17. The second-order valence-electron chi connectivity index (χ2n) is 2.74. The summed E-state index contributed by atoms with van der Waals surface area (Å²) >= 11 is 0. The average Bonchev–Trinajstić information content (AvgIpc) is 2.63. The van der Waals surface area contributed by atoms with Gasteiger partial charge in [-0.15, -0.1) is 0 Å². The van der Waals surface area contributed by atoms with Crippen LogP contribution in [0.2, 0.25) is 0 Å². The minimum Gasteiger partial charge on any atom is -0.512 e. The Morgan fingerprint density at radius 1 is 1.82 bits per heavy atom. The van der Waals surface area contributed by atoms with Crippen molar-refractivity contribution < 1.29 is 14.6 Å². The quantitative estimate of drug-likeness (QED) is 0.378. The van der Waals surface area contributed by atoms with Gasteiger partial charge >= 0.3 is 0 Å². The highest BCUT2D eigenvalue weighted by Gasteiger charge is 2.21. The fourth-order valence-corrected chi connectivity index (χ4v) is 0.850. The Bertz CT molecular complexity index is 180. The number of aliphatic hydroxyl groups excluding tert-OH is 1. The summed E-state index contributed by atoms with van der Waals surface area (Å²) in [5.41, 5.74) is 0. The minimum absolute atomic E-state index is 0.112. The Kier molecular flexibility index (Phi) is 2.65. The number of ether oxygens (including phenoxy) is 1. The van der Waals surface area contributed by atoms with Crippen molar-refractivity contribution in [2.45, 2.75) is 25.9 Å². The van der Waals surface area contributed by atoms with Crippen molar-refractivity contribution in [1.29, 1.82) is 0 Å². The highest BCUT2D eigenvalue weighted by molar-refractivity contribution is 5.87. The van der Waals surface area contributed by atoms with Crippen LogP contribution in [0.4, 0.5) is 0 Å². The van der Waals surface area contributed by atoms with Crippen molar-refractivity contribution in [1.82, 2.24) is 0 Å². The molecule has 1 unspecified atom stereocenters. The monoisotopic (exact) mass is 156 g/mol. The summed E-state index contributed by atoms with van der Waals surface area (Å²) in [6, 6.07) is 0. The molecule has 0 bridgehead atoms. The third-order valence-corrected chi connectivity index (χ3v) is 1.49. The third-order valence-electron chi connectivity index (χ3n) is 1.49. The Balaban J connectivity index is 2.17. The molecule has 11 heavy (non-hydrogen) atoms. The van der Waals surface area contributed by atoms with Crippen LogP contribution in [-0.4, -0.2) is 23.6 Å². The van der Waals surface area contributed by atoms with E-state index in [4.69, 9.17) is 9.84 Å².